The van der Waals surface area contributed by atoms with Crippen molar-refractivity contribution in [3.8, 4) is 11.5 Å². The second-order valence-electron chi connectivity index (χ2n) is 2.99. The van der Waals surface area contributed by atoms with Crippen LogP contribution >= 0.6 is 0 Å². The minimum absolute atomic E-state index is 0.00727. The van der Waals surface area contributed by atoms with Crippen molar-refractivity contribution in [1.82, 2.24) is 0 Å². The molecule has 1 N–H and O–H groups in total. The Morgan fingerprint density at radius 3 is 2.87 bits per heavy atom. The molecule has 0 fully saturated rings. The molecule has 1 rings (SSSR count). The molecule has 0 aliphatic heterocycles. The first kappa shape index (κ1) is 11.5. The van der Waals surface area contributed by atoms with Gasteiger partial charge in [-0.3, -0.25) is 4.79 Å². The van der Waals surface area contributed by atoms with Gasteiger partial charge in [-0.05, 0) is 32.0 Å². The minimum atomic E-state index is -0.456. The van der Waals surface area contributed by atoms with Crippen LogP contribution in [0.1, 0.15) is 24.2 Å². The van der Waals surface area contributed by atoms with Crippen LogP contribution in [0.25, 0.3) is 0 Å². The summed E-state index contributed by atoms with van der Waals surface area (Å²) >= 11 is 0. The number of aldehydes is 1. The van der Waals surface area contributed by atoms with Gasteiger partial charge in [-0.25, -0.2) is 0 Å². The number of phenolic OH excluding ortho intramolecular Hbond substituents is 1. The SMILES string of the molecule is CCOC(C)Oc1cc(C=O)ccc1O. The number of carbonyl (C=O) groups excluding carboxylic acids is 1. The number of phenols is 1. The highest BCUT2D eigenvalue weighted by Gasteiger charge is 2.08. The summed E-state index contributed by atoms with van der Waals surface area (Å²) in [6.07, 6.45) is 0.236. The second-order valence-corrected chi connectivity index (χ2v) is 2.99. The molecule has 0 bridgehead atoms. The molecule has 0 aliphatic rings. The van der Waals surface area contributed by atoms with Gasteiger partial charge >= 0.3 is 0 Å². The van der Waals surface area contributed by atoms with E-state index in [-0.39, 0.29) is 11.5 Å². The van der Waals surface area contributed by atoms with Gasteiger partial charge in [0.2, 0.25) is 0 Å². The molecule has 0 radical (unpaired) electrons. The van der Waals surface area contributed by atoms with Crippen molar-refractivity contribution in [3.05, 3.63) is 23.8 Å². The zero-order valence-corrected chi connectivity index (χ0v) is 8.77. The van der Waals surface area contributed by atoms with Gasteiger partial charge in [0, 0.05) is 12.2 Å². The molecular weight excluding hydrogens is 196 g/mol. The Hall–Kier alpha value is -1.55. The lowest BCUT2D eigenvalue weighted by atomic mass is 10.2. The highest BCUT2D eigenvalue weighted by atomic mass is 16.7. The van der Waals surface area contributed by atoms with Gasteiger partial charge in [-0.1, -0.05) is 0 Å². The Kier molecular flexibility index (Phi) is 4.12. The van der Waals surface area contributed by atoms with Crippen molar-refractivity contribution in [1.29, 1.82) is 0 Å². The summed E-state index contributed by atoms with van der Waals surface area (Å²) in [5, 5.41) is 9.45. The predicted octanol–water partition coefficient (Wildman–Crippen LogP) is 1.97. The first-order valence-electron chi connectivity index (χ1n) is 4.73. The van der Waals surface area contributed by atoms with E-state index in [2.05, 4.69) is 0 Å². The van der Waals surface area contributed by atoms with Crippen LogP contribution in [0.2, 0.25) is 0 Å². The lowest BCUT2D eigenvalue weighted by molar-refractivity contribution is -0.0624. The molecule has 0 amide bonds. The molecule has 4 heteroatoms. The van der Waals surface area contributed by atoms with Crippen LogP contribution in [0.15, 0.2) is 18.2 Å². The maximum absolute atomic E-state index is 10.5. The standard InChI is InChI=1S/C11H14O4/c1-3-14-8(2)15-11-6-9(7-12)4-5-10(11)13/h4-8,13H,3H2,1-2H3. The summed E-state index contributed by atoms with van der Waals surface area (Å²) in [4.78, 5) is 10.5. The number of ether oxygens (including phenoxy) is 2. The van der Waals surface area contributed by atoms with Gasteiger partial charge in [0.25, 0.3) is 0 Å². The van der Waals surface area contributed by atoms with E-state index in [0.29, 0.717) is 18.5 Å². The molecule has 4 nitrogen and oxygen atoms in total. The summed E-state index contributed by atoms with van der Waals surface area (Å²) < 4.78 is 10.4. The molecule has 0 saturated carbocycles. The second kappa shape index (κ2) is 5.36. The molecule has 0 spiro atoms. The first-order chi connectivity index (χ1) is 7.17. The van der Waals surface area contributed by atoms with E-state index in [1.54, 1.807) is 6.92 Å². The molecule has 82 valence electrons. The van der Waals surface area contributed by atoms with E-state index >= 15 is 0 Å². The molecule has 0 heterocycles. The smallest absolute Gasteiger partial charge is 0.197 e. The molecule has 0 aromatic heterocycles. The quantitative estimate of drug-likeness (QED) is 0.596. The fourth-order valence-corrected chi connectivity index (χ4v) is 1.15. The van der Waals surface area contributed by atoms with Crippen molar-refractivity contribution in [2.45, 2.75) is 20.1 Å². The molecule has 1 unspecified atom stereocenters. The lowest BCUT2D eigenvalue weighted by Crippen LogP contribution is -2.16. The zero-order chi connectivity index (χ0) is 11.3. The van der Waals surface area contributed by atoms with Crippen LogP contribution in [0.3, 0.4) is 0 Å². The third-order valence-electron chi connectivity index (χ3n) is 1.81. The summed E-state index contributed by atoms with van der Waals surface area (Å²) in [6, 6.07) is 4.40. The number of carbonyl (C=O) groups is 1. The zero-order valence-electron chi connectivity index (χ0n) is 8.77. The Balaban J connectivity index is 2.78. The van der Waals surface area contributed by atoms with E-state index in [0.717, 1.165) is 0 Å². The van der Waals surface area contributed by atoms with Gasteiger partial charge in [0.15, 0.2) is 17.8 Å². The van der Waals surface area contributed by atoms with Crippen molar-refractivity contribution < 1.29 is 19.4 Å². The van der Waals surface area contributed by atoms with Crippen molar-refractivity contribution in [3.63, 3.8) is 0 Å². The first-order valence-corrected chi connectivity index (χ1v) is 4.73. The Morgan fingerprint density at radius 2 is 2.27 bits per heavy atom. The average Bonchev–Trinajstić information content (AvgIpc) is 2.21. The van der Waals surface area contributed by atoms with Crippen molar-refractivity contribution >= 4 is 6.29 Å². The average molecular weight is 210 g/mol. The Bertz CT molecular complexity index is 335. The fourth-order valence-electron chi connectivity index (χ4n) is 1.15. The number of rotatable bonds is 5. The molecule has 0 saturated heterocycles. The van der Waals surface area contributed by atoms with Crippen LogP contribution in [0, 0.1) is 0 Å². The number of hydrogen-bond donors (Lipinski definition) is 1. The Morgan fingerprint density at radius 1 is 1.53 bits per heavy atom. The summed E-state index contributed by atoms with van der Waals surface area (Å²) in [5.74, 6) is 0.243. The van der Waals surface area contributed by atoms with E-state index in [1.165, 1.54) is 18.2 Å². The maximum Gasteiger partial charge on any atom is 0.197 e. The molecule has 15 heavy (non-hydrogen) atoms. The highest BCUT2D eigenvalue weighted by molar-refractivity contribution is 5.76. The molecular formula is C11H14O4. The summed E-state index contributed by atoms with van der Waals surface area (Å²) in [7, 11) is 0. The van der Waals surface area contributed by atoms with Gasteiger partial charge in [0.1, 0.15) is 6.29 Å². The predicted molar refractivity (Wildman–Crippen MR) is 55.2 cm³/mol. The van der Waals surface area contributed by atoms with Gasteiger partial charge in [-0.2, -0.15) is 0 Å². The van der Waals surface area contributed by atoms with E-state index in [4.69, 9.17) is 9.47 Å². The highest BCUT2D eigenvalue weighted by Crippen LogP contribution is 2.27. The van der Waals surface area contributed by atoms with Gasteiger partial charge < -0.3 is 14.6 Å². The van der Waals surface area contributed by atoms with E-state index in [1.807, 2.05) is 6.92 Å². The van der Waals surface area contributed by atoms with Gasteiger partial charge in [-0.15, -0.1) is 0 Å². The number of aromatic hydroxyl groups is 1. The third kappa shape index (κ3) is 3.25. The minimum Gasteiger partial charge on any atom is -0.504 e. The largest absolute Gasteiger partial charge is 0.504 e. The van der Waals surface area contributed by atoms with E-state index in [9.17, 15) is 9.90 Å². The van der Waals surface area contributed by atoms with Gasteiger partial charge in [0.05, 0.1) is 0 Å². The van der Waals surface area contributed by atoms with Crippen LogP contribution in [-0.4, -0.2) is 24.3 Å². The summed E-state index contributed by atoms with van der Waals surface area (Å²) in [6.45, 7) is 4.09. The number of hydrogen-bond acceptors (Lipinski definition) is 4. The van der Waals surface area contributed by atoms with Crippen LogP contribution in [0.5, 0.6) is 11.5 Å². The van der Waals surface area contributed by atoms with Crippen molar-refractivity contribution in [2.24, 2.45) is 0 Å². The van der Waals surface area contributed by atoms with Crippen molar-refractivity contribution in [2.75, 3.05) is 6.61 Å². The normalized spacial score (nSPS) is 12.1. The molecule has 1 atom stereocenters. The monoisotopic (exact) mass is 210 g/mol. The number of benzene rings is 1. The van der Waals surface area contributed by atoms with E-state index < -0.39 is 6.29 Å². The molecule has 1 aromatic carbocycles. The fraction of sp³-hybridized carbons (Fsp3) is 0.364. The topological polar surface area (TPSA) is 55.8 Å². The van der Waals surface area contributed by atoms with Crippen LogP contribution in [-0.2, 0) is 4.74 Å². The Labute approximate surface area is 88.4 Å². The van der Waals surface area contributed by atoms with Crippen LogP contribution < -0.4 is 4.74 Å². The maximum atomic E-state index is 10.5. The molecule has 1 aromatic rings. The third-order valence-corrected chi connectivity index (χ3v) is 1.81. The summed E-state index contributed by atoms with van der Waals surface area (Å²) in [5.41, 5.74) is 0.450. The molecule has 0 aliphatic carbocycles. The van der Waals surface area contributed by atoms with Crippen LogP contribution in [0.4, 0.5) is 0 Å². The lowest BCUT2D eigenvalue weighted by Gasteiger charge is -2.15.